The summed E-state index contributed by atoms with van der Waals surface area (Å²) >= 11 is 0. The number of piperidine rings is 1. The molecule has 0 aliphatic carbocycles. The van der Waals surface area contributed by atoms with Crippen LogP contribution in [0.15, 0.2) is 29.3 Å². The maximum atomic E-state index is 5.96. The molecule has 1 fully saturated rings. The molecule has 0 amide bonds. The predicted molar refractivity (Wildman–Crippen MR) is 101 cm³/mol. The smallest absolute Gasteiger partial charge is 0.191 e. The van der Waals surface area contributed by atoms with Crippen molar-refractivity contribution in [1.82, 2.24) is 15.5 Å². The highest BCUT2D eigenvalue weighted by Gasteiger charge is 2.21. The summed E-state index contributed by atoms with van der Waals surface area (Å²) in [5, 5.41) is 6.73. The summed E-state index contributed by atoms with van der Waals surface area (Å²) in [6.07, 6.45) is 3.97. The van der Waals surface area contributed by atoms with Crippen molar-refractivity contribution in [2.45, 2.75) is 38.3 Å². The number of likely N-dealkylation sites (tertiary alicyclic amines) is 1. The maximum Gasteiger partial charge on any atom is 0.191 e. The number of benzene rings is 1. The van der Waals surface area contributed by atoms with Gasteiger partial charge in [-0.3, -0.25) is 9.89 Å². The molecular weight excluding hydrogens is 316 g/mol. The number of hydrogen-bond donors (Lipinski definition) is 2. The second-order valence-corrected chi connectivity index (χ2v) is 6.76. The lowest BCUT2D eigenvalue weighted by molar-refractivity contribution is 0.0936. The third-order valence-corrected chi connectivity index (χ3v) is 4.92. The highest BCUT2D eigenvalue weighted by molar-refractivity contribution is 5.79. The molecule has 3 rings (SSSR count). The van der Waals surface area contributed by atoms with Gasteiger partial charge in [-0.2, -0.15) is 0 Å². The van der Waals surface area contributed by atoms with E-state index in [2.05, 4.69) is 27.4 Å². The van der Waals surface area contributed by atoms with E-state index in [1.165, 1.54) is 25.8 Å². The number of guanidine groups is 1. The summed E-state index contributed by atoms with van der Waals surface area (Å²) in [7, 11) is 1.80. The molecule has 6 nitrogen and oxygen atoms in total. The number of nitrogens with zero attached hydrogens (tertiary/aromatic N) is 2. The molecule has 2 unspecified atom stereocenters. The molecule has 1 aromatic carbocycles. The average Bonchev–Trinajstić information content (AvgIpc) is 2.65. The fourth-order valence-electron chi connectivity index (χ4n) is 3.40. The van der Waals surface area contributed by atoms with E-state index in [-0.39, 0.29) is 6.10 Å². The molecule has 0 bridgehead atoms. The first-order valence-corrected chi connectivity index (χ1v) is 9.33. The third kappa shape index (κ3) is 5.01. The molecule has 1 aromatic rings. The highest BCUT2D eigenvalue weighted by atomic mass is 16.6. The molecular formula is C19H30N4O2. The van der Waals surface area contributed by atoms with Gasteiger partial charge < -0.3 is 20.1 Å². The Bertz CT molecular complexity index is 578. The quantitative estimate of drug-likeness (QED) is 0.630. The van der Waals surface area contributed by atoms with Crippen LogP contribution < -0.4 is 20.1 Å². The fraction of sp³-hybridized carbons (Fsp3) is 0.632. The minimum atomic E-state index is -0.0180. The molecule has 6 heteroatoms. The van der Waals surface area contributed by atoms with Crippen molar-refractivity contribution in [3.8, 4) is 11.5 Å². The van der Waals surface area contributed by atoms with E-state index >= 15 is 0 Å². The zero-order chi connectivity index (χ0) is 17.5. The number of nitrogens with one attached hydrogen (secondary N) is 2. The summed E-state index contributed by atoms with van der Waals surface area (Å²) in [5.74, 6) is 2.44. The Hall–Kier alpha value is -1.95. The van der Waals surface area contributed by atoms with Crippen molar-refractivity contribution in [3.63, 3.8) is 0 Å². The summed E-state index contributed by atoms with van der Waals surface area (Å²) in [6, 6.07) is 8.48. The number of fused-ring (bicyclic) bond motifs is 1. The van der Waals surface area contributed by atoms with Crippen LogP contribution in [0.2, 0.25) is 0 Å². The molecule has 0 radical (unpaired) electrons. The third-order valence-electron chi connectivity index (χ3n) is 4.92. The van der Waals surface area contributed by atoms with Crippen molar-refractivity contribution in [2.75, 3.05) is 39.8 Å². The van der Waals surface area contributed by atoms with Crippen LogP contribution in [0.5, 0.6) is 11.5 Å². The summed E-state index contributed by atoms with van der Waals surface area (Å²) in [6.45, 7) is 6.69. The van der Waals surface area contributed by atoms with Crippen molar-refractivity contribution in [2.24, 2.45) is 4.99 Å². The zero-order valence-corrected chi connectivity index (χ0v) is 15.3. The summed E-state index contributed by atoms with van der Waals surface area (Å²) < 4.78 is 11.7. The first-order chi connectivity index (χ1) is 12.3. The molecule has 0 spiro atoms. The number of aliphatic imine (C=N–C) groups is 1. The molecule has 25 heavy (non-hydrogen) atoms. The van der Waals surface area contributed by atoms with Gasteiger partial charge in [0.1, 0.15) is 12.7 Å². The molecule has 2 aliphatic heterocycles. The van der Waals surface area contributed by atoms with E-state index in [1.54, 1.807) is 7.05 Å². The van der Waals surface area contributed by atoms with Crippen LogP contribution in [-0.4, -0.2) is 62.8 Å². The first kappa shape index (κ1) is 17.9. The van der Waals surface area contributed by atoms with Crippen LogP contribution in [0.1, 0.15) is 26.2 Å². The SMILES string of the molecule is CN=C(NCCN1CCCCC1C)NCC1COc2ccccc2O1. The van der Waals surface area contributed by atoms with Gasteiger partial charge in [-0.05, 0) is 38.4 Å². The predicted octanol–water partition coefficient (Wildman–Crippen LogP) is 1.87. The average molecular weight is 346 g/mol. The Morgan fingerprint density at radius 1 is 1.24 bits per heavy atom. The van der Waals surface area contributed by atoms with Crippen LogP contribution in [-0.2, 0) is 0 Å². The van der Waals surface area contributed by atoms with Gasteiger partial charge in [0.05, 0.1) is 6.54 Å². The number of hydrogen-bond acceptors (Lipinski definition) is 4. The van der Waals surface area contributed by atoms with Gasteiger partial charge in [0.25, 0.3) is 0 Å². The van der Waals surface area contributed by atoms with Gasteiger partial charge in [-0.25, -0.2) is 0 Å². The lowest BCUT2D eigenvalue weighted by atomic mass is 10.0. The zero-order valence-electron chi connectivity index (χ0n) is 15.3. The monoisotopic (exact) mass is 346 g/mol. The number of para-hydroxylation sites is 2. The lowest BCUT2D eigenvalue weighted by Gasteiger charge is -2.33. The van der Waals surface area contributed by atoms with E-state index in [0.29, 0.717) is 19.2 Å². The molecule has 2 heterocycles. The van der Waals surface area contributed by atoms with E-state index in [1.807, 2.05) is 24.3 Å². The summed E-state index contributed by atoms with van der Waals surface area (Å²) in [5.41, 5.74) is 0. The largest absolute Gasteiger partial charge is 0.486 e. The summed E-state index contributed by atoms with van der Waals surface area (Å²) in [4.78, 5) is 6.85. The molecule has 0 saturated carbocycles. The Kier molecular flexibility index (Phi) is 6.39. The minimum Gasteiger partial charge on any atom is -0.486 e. The van der Waals surface area contributed by atoms with Crippen LogP contribution >= 0.6 is 0 Å². The van der Waals surface area contributed by atoms with Gasteiger partial charge in [-0.15, -0.1) is 0 Å². The van der Waals surface area contributed by atoms with Gasteiger partial charge in [0.2, 0.25) is 0 Å². The van der Waals surface area contributed by atoms with Crippen LogP contribution in [0.4, 0.5) is 0 Å². The van der Waals surface area contributed by atoms with E-state index in [0.717, 1.165) is 30.5 Å². The standard InChI is InChI=1S/C19H30N4O2/c1-15-7-5-6-11-23(15)12-10-21-19(20-2)22-13-16-14-24-17-8-3-4-9-18(17)25-16/h3-4,8-9,15-16H,5-7,10-14H2,1-2H3,(H2,20,21,22). The topological polar surface area (TPSA) is 58.1 Å². The molecule has 1 saturated heterocycles. The van der Waals surface area contributed by atoms with Crippen LogP contribution in [0.25, 0.3) is 0 Å². The van der Waals surface area contributed by atoms with Crippen molar-refractivity contribution >= 4 is 5.96 Å². The minimum absolute atomic E-state index is 0.0180. The van der Waals surface area contributed by atoms with Gasteiger partial charge in [0.15, 0.2) is 17.5 Å². The highest BCUT2D eigenvalue weighted by Crippen LogP contribution is 2.30. The Morgan fingerprint density at radius 3 is 2.88 bits per heavy atom. The van der Waals surface area contributed by atoms with Crippen LogP contribution in [0, 0.1) is 0 Å². The van der Waals surface area contributed by atoms with E-state index in [9.17, 15) is 0 Å². The second-order valence-electron chi connectivity index (χ2n) is 6.76. The Morgan fingerprint density at radius 2 is 2.08 bits per heavy atom. The van der Waals surface area contributed by atoms with Gasteiger partial charge in [0, 0.05) is 26.2 Å². The first-order valence-electron chi connectivity index (χ1n) is 9.33. The molecule has 2 aliphatic rings. The van der Waals surface area contributed by atoms with E-state index < -0.39 is 0 Å². The Balaban J connectivity index is 1.38. The normalized spacial score (nSPS) is 24.0. The van der Waals surface area contributed by atoms with E-state index in [4.69, 9.17) is 9.47 Å². The maximum absolute atomic E-state index is 5.96. The van der Waals surface area contributed by atoms with Crippen molar-refractivity contribution in [3.05, 3.63) is 24.3 Å². The molecule has 138 valence electrons. The van der Waals surface area contributed by atoms with Gasteiger partial charge in [-0.1, -0.05) is 18.6 Å². The van der Waals surface area contributed by atoms with Crippen LogP contribution in [0.3, 0.4) is 0 Å². The molecule has 0 aromatic heterocycles. The molecule has 2 atom stereocenters. The fourth-order valence-corrected chi connectivity index (χ4v) is 3.40. The Labute approximate surface area is 150 Å². The van der Waals surface area contributed by atoms with Crippen molar-refractivity contribution < 1.29 is 9.47 Å². The number of ether oxygens (including phenoxy) is 2. The molecule has 2 N–H and O–H groups in total. The number of rotatable bonds is 5. The lowest BCUT2D eigenvalue weighted by Crippen LogP contribution is -2.48. The van der Waals surface area contributed by atoms with Gasteiger partial charge >= 0.3 is 0 Å². The second kappa shape index (κ2) is 8.94. The van der Waals surface area contributed by atoms with Crippen molar-refractivity contribution in [1.29, 1.82) is 0 Å².